The van der Waals surface area contributed by atoms with Crippen LogP contribution in [0.25, 0.3) is 0 Å². The molecule has 2 aromatic heterocycles. The zero-order chi connectivity index (χ0) is 28.5. The first-order valence-corrected chi connectivity index (χ1v) is 12.0. The number of nitriles is 2. The third kappa shape index (κ3) is 5.71. The molecule has 3 aromatic rings. The second-order valence-corrected chi connectivity index (χ2v) is 10.2. The molecule has 1 aliphatic heterocycles. The highest BCUT2D eigenvalue weighted by atomic mass is 35.5. The third-order valence-corrected chi connectivity index (χ3v) is 5.88. The number of nitrogens with zero attached hydrogens (tertiary/aromatic N) is 6. The number of ether oxygens (including phenoxy) is 1. The summed E-state index contributed by atoms with van der Waals surface area (Å²) in [5.74, 6) is -1.17. The molecule has 1 atom stereocenters. The number of alkyl carbamates (subject to hydrolysis) is 1. The molecule has 0 aliphatic carbocycles. The third-order valence-electron chi connectivity index (χ3n) is 5.62. The fourth-order valence-electron chi connectivity index (χ4n) is 3.94. The van der Waals surface area contributed by atoms with Crippen molar-refractivity contribution in [1.82, 2.24) is 19.9 Å². The Balaban J connectivity index is 1.73. The Bertz CT molecular complexity index is 1600. The zero-order valence-corrected chi connectivity index (χ0v) is 22.1. The Labute approximate surface area is 227 Å². The predicted octanol–water partition coefficient (Wildman–Crippen LogP) is 4.27. The van der Waals surface area contributed by atoms with Gasteiger partial charge in [-0.15, -0.1) is 0 Å². The van der Waals surface area contributed by atoms with Gasteiger partial charge in [-0.05, 0) is 58.0 Å². The molecule has 1 aromatic carbocycles. The van der Waals surface area contributed by atoms with Gasteiger partial charge in [0.2, 0.25) is 0 Å². The van der Waals surface area contributed by atoms with Gasteiger partial charge in [0.1, 0.15) is 34.8 Å². The van der Waals surface area contributed by atoms with Gasteiger partial charge in [-0.1, -0.05) is 11.6 Å². The van der Waals surface area contributed by atoms with Gasteiger partial charge in [0.15, 0.2) is 22.5 Å². The van der Waals surface area contributed by atoms with Crippen molar-refractivity contribution in [2.45, 2.75) is 45.4 Å². The van der Waals surface area contributed by atoms with Crippen LogP contribution in [0.4, 0.5) is 14.9 Å². The monoisotopic (exact) mass is 548 g/mol. The van der Waals surface area contributed by atoms with Crippen molar-refractivity contribution in [1.29, 1.82) is 10.5 Å². The maximum Gasteiger partial charge on any atom is 0.413 e. The van der Waals surface area contributed by atoms with E-state index >= 15 is 4.39 Å². The Morgan fingerprint density at radius 2 is 1.92 bits per heavy atom. The lowest BCUT2D eigenvalue weighted by Crippen LogP contribution is -2.44. The molecule has 0 saturated heterocycles. The topological polar surface area (TPSA) is 158 Å². The van der Waals surface area contributed by atoms with E-state index in [1.165, 1.54) is 41.1 Å². The van der Waals surface area contributed by atoms with Crippen molar-refractivity contribution in [2.75, 3.05) is 5.32 Å². The highest BCUT2D eigenvalue weighted by Gasteiger charge is 2.39. The Hall–Kier alpha value is -4.81. The van der Waals surface area contributed by atoms with Gasteiger partial charge in [-0.2, -0.15) is 10.5 Å². The minimum atomic E-state index is -1.37. The molecule has 13 heteroatoms. The number of carbonyl (C=O) groups excluding carboxylic acids is 2. The van der Waals surface area contributed by atoms with Gasteiger partial charge in [0, 0.05) is 17.4 Å². The van der Waals surface area contributed by atoms with E-state index in [1.54, 1.807) is 27.7 Å². The molecule has 1 unspecified atom stereocenters. The van der Waals surface area contributed by atoms with Crippen molar-refractivity contribution >= 4 is 35.1 Å². The summed E-state index contributed by atoms with van der Waals surface area (Å²) in [4.78, 5) is 38.0. The van der Waals surface area contributed by atoms with E-state index in [0.29, 0.717) is 5.56 Å². The summed E-state index contributed by atoms with van der Waals surface area (Å²) in [7, 11) is 0. The SMILES string of the molecule is CC(C)(C)OC(=O)NC1=NC(C)(c2cc(NC(=O)c3ccc(C#N)cn3)ccc2F)Cn2c1nc(Cl)c2C#N. The summed E-state index contributed by atoms with van der Waals surface area (Å²) in [6.45, 7) is 6.62. The summed E-state index contributed by atoms with van der Waals surface area (Å²) in [5, 5.41) is 23.7. The fraction of sp³-hybridized carbons (Fsp3) is 0.269. The fourth-order valence-corrected chi connectivity index (χ4v) is 4.16. The largest absolute Gasteiger partial charge is 0.444 e. The van der Waals surface area contributed by atoms with Crippen molar-refractivity contribution in [2.24, 2.45) is 4.99 Å². The summed E-state index contributed by atoms with van der Waals surface area (Å²) < 4.78 is 22.0. The first-order chi connectivity index (χ1) is 18.3. The van der Waals surface area contributed by atoms with Crippen LogP contribution in [0.3, 0.4) is 0 Å². The van der Waals surface area contributed by atoms with Crippen LogP contribution in [0.15, 0.2) is 41.5 Å². The molecule has 11 nitrogen and oxygen atoms in total. The second kappa shape index (κ2) is 10.2. The number of amides is 2. The smallest absolute Gasteiger partial charge is 0.413 e. The van der Waals surface area contributed by atoms with Gasteiger partial charge in [-0.3, -0.25) is 15.1 Å². The molecule has 2 N–H and O–H groups in total. The van der Waals surface area contributed by atoms with Gasteiger partial charge in [-0.25, -0.2) is 19.2 Å². The normalized spacial score (nSPS) is 16.3. The average Bonchev–Trinajstić information content (AvgIpc) is 3.18. The number of hydrogen-bond donors (Lipinski definition) is 2. The molecule has 198 valence electrons. The van der Waals surface area contributed by atoms with Gasteiger partial charge in [0.05, 0.1) is 12.1 Å². The van der Waals surface area contributed by atoms with E-state index in [4.69, 9.17) is 21.6 Å². The number of aliphatic imine (C=N–C) groups is 1. The molecular weight excluding hydrogens is 527 g/mol. The number of benzene rings is 1. The summed E-state index contributed by atoms with van der Waals surface area (Å²) in [5.41, 5.74) is -1.51. The van der Waals surface area contributed by atoms with Gasteiger partial charge >= 0.3 is 6.09 Å². The van der Waals surface area contributed by atoms with Gasteiger partial charge in [0.25, 0.3) is 5.91 Å². The first kappa shape index (κ1) is 27.2. The van der Waals surface area contributed by atoms with E-state index in [0.717, 1.165) is 0 Å². The summed E-state index contributed by atoms with van der Waals surface area (Å²) >= 11 is 6.18. The number of hydrogen-bond acceptors (Lipinski definition) is 8. The number of carbonyl (C=O) groups is 2. The Morgan fingerprint density at radius 3 is 2.54 bits per heavy atom. The number of rotatable bonds is 3. The number of imidazole rings is 1. The van der Waals surface area contributed by atoms with E-state index in [1.807, 2.05) is 12.1 Å². The molecule has 4 rings (SSSR count). The Kier molecular flexibility index (Phi) is 7.09. The van der Waals surface area contributed by atoms with Crippen LogP contribution < -0.4 is 10.6 Å². The minimum absolute atomic E-state index is 0.00744. The maximum atomic E-state index is 15.3. The first-order valence-electron chi connectivity index (χ1n) is 11.6. The van der Waals surface area contributed by atoms with Crippen LogP contribution in [0, 0.1) is 28.5 Å². The molecule has 1 aliphatic rings. The Morgan fingerprint density at radius 1 is 1.18 bits per heavy atom. The van der Waals surface area contributed by atoms with E-state index in [2.05, 4.69) is 25.6 Å². The minimum Gasteiger partial charge on any atom is -0.444 e. The van der Waals surface area contributed by atoms with Crippen molar-refractivity contribution in [3.05, 3.63) is 75.8 Å². The number of fused-ring (bicyclic) bond motifs is 1. The van der Waals surface area contributed by atoms with Crippen LogP contribution in [0.5, 0.6) is 0 Å². The van der Waals surface area contributed by atoms with Gasteiger partial charge < -0.3 is 14.6 Å². The summed E-state index contributed by atoms with van der Waals surface area (Å²) in [6.07, 6.45) is 0.439. The number of nitrogens with one attached hydrogen (secondary N) is 2. The van der Waals surface area contributed by atoms with Crippen LogP contribution >= 0.6 is 11.6 Å². The molecule has 0 bridgehead atoms. The van der Waals surface area contributed by atoms with Crippen molar-refractivity contribution in [3.63, 3.8) is 0 Å². The molecule has 39 heavy (non-hydrogen) atoms. The number of amidine groups is 1. The number of halogens is 2. The zero-order valence-electron chi connectivity index (χ0n) is 21.3. The molecule has 0 radical (unpaired) electrons. The van der Waals surface area contributed by atoms with Crippen molar-refractivity contribution < 1.29 is 18.7 Å². The second-order valence-electron chi connectivity index (χ2n) is 9.83. The molecule has 0 fully saturated rings. The van der Waals surface area contributed by atoms with E-state index < -0.39 is 29.0 Å². The highest BCUT2D eigenvalue weighted by molar-refractivity contribution is 6.30. The number of pyridine rings is 1. The predicted molar refractivity (Wildman–Crippen MR) is 139 cm³/mol. The van der Waals surface area contributed by atoms with E-state index in [9.17, 15) is 14.9 Å². The van der Waals surface area contributed by atoms with E-state index in [-0.39, 0.29) is 46.0 Å². The number of anilines is 1. The highest BCUT2D eigenvalue weighted by Crippen LogP contribution is 2.36. The quantitative estimate of drug-likeness (QED) is 0.494. The molecule has 0 saturated carbocycles. The van der Waals surface area contributed by atoms with Crippen molar-refractivity contribution in [3.8, 4) is 12.1 Å². The van der Waals surface area contributed by atoms with Crippen LogP contribution in [-0.4, -0.2) is 38.0 Å². The van der Waals surface area contributed by atoms with Crippen LogP contribution in [-0.2, 0) is 16.8 Å². The lowest BCUT2D eigenvalue weighted by molar-refractivity contribution is 0.0562. The molecule has 0 spiro atoms. The standard InChI is InChI=1S/C26H22ClFN8O3/c1-25(2,3)39-24(38)34-21-22-33-20(27)19(11-30)36(22)13-26(4,35-21)16-9-15(6-7-17(16)28)32-23(37)18-8-5-14(10-29)12-31-18/h5-9,12H,13H2,1-4H3,(H,32,37)(H,34,35,38). The molecule has 2 amide bonds. The lowest BCUT2D eigenvalue weighted by Gasteiger charge is -2.33. The maximum absolute atomic E-state index is 15.3. The lowest BCUT2D eigenvalue weighted by atomic mass is 9.90. The molecule has 3 heterocycles. The summed E-state index contributed by atoms with van der Waals surface area (Å²) in [6, 6.07) is 10.7. The van der Waals surface area contributed by atoms with Crippen LogP contribution in [0.2, 0.25) is 5.15 Å². The molecular formula is C26H22ClFN8O3. The average molecular weight is 549 g/mol. The number of aromatic nitrogens is 3. The van der Waals surface area contributed by atoms with Crippen LogP contribution in [0.1, 0.15) is 60.8 Å².